The molecule has 1 spiro atoms. The van der Waals surface area contributed by atoms with Crippen LogP contribution in [0, 0.1) is 11.6 Å². The molecule has 1 aromatic carbocycles. The minimum Gasteiger partial charge on any atom is -0.379 e. The monoisotopic (exact) mass is 407 g/mol. The Balaban J connectivity index is 1.39. The molecule has 3 aliphatic heterocycles. The van der Waals surface area contributed by atoms with Crippen molar-refractivity contribution < 1.29 is 18.3 Å². The third-order valence-corrected chi connectivity index (χ3v) is 6.84. The van der Waals surface area contributed by atoms with Crippen LogP contribution in [0.25, 0.3) is 0 Å². The van der Waals surface area contributed by atoms with E-state index in [9.17, 15) is 13.6 Å². The molecule has 0 radical (unpaired) electrons. The van der Waals surface area contributed by atoms with E-state index in [0.717, 1.165) is 64.8 Å². The lowest BCUT2D eigenvalue weighted by atomic mass is 9.87. The zero-order valence-electron chi connectivity index (χ0n) is 17.0. The lowest BCUT2D eigenvalue weighted by molar-refractivity contribution is -0.133. The van der Waals surface area contributed by atoms with Crippen molar-refractivity contribution in [2.24, 2.45) is 0 Å². The molecule has 1 aromatic rings. The first kappa shape index (κ1) is 20.7. The molecule has 3 heterocycles. The average molecular weight is 408 g/mol. The molecule has 3 aliphatic rings. The average Bonchev–Trinajstić information content (AvgIpc) is 2.96. The van der Waals surface area contributed by atoms with E-state index in [1.807, 2.05) is 4.90 Å². The van der Waals surface area contributed by atoms with Gasteiger partial charge < -0.3 is 9.64 Å². The minimum absolute atomic E-state index is 0.00719. The maximum absolute atomic E-state index is 14.2. The van der Waals surface area contributed by atoms with E-state index >= 15 is 0 Å². The van der Waals surface area contributed by atoms with Crippen LogP contribution in [0.2, 0.25) is 0 Å². The van der Waals surface area contributed by atoms with Crippen LogP contribution in [0.4, 0.5) is 8.78 Å². The SMILES string of the molecule is O=C(CN1CCOCC1)N1CCC[C@@]2(CCCN2Cc2cc(F)ccc2F)CC1. The zero-order valence-corrected chi connectivity index (χ0v) is 17.0. The van der Waals surface area contributed by atoms with Gasteiger partial charge in [0.1, 0.15) is 11.6 Å². The highest BCUT2D eigenvalue weighted by atomic mass is 19.1. The fourth-order valence-electron chi connectivity index (χ4n) is 5.16. The summed E-state index contributed by atoms with van der Waals surface area (Å²) in [6, 6.07) is 3.70. The molecule has 0 aromatic heterocycles. The van der Waals surface area contributed by atoms with Gasteiger partial charge >= 0.3 is 0 Å². The molecular weight excluding hydrogens is 376 g/mol. The van der Waals surface area contributed by atoms with Gasteiger partial charge in [-0.25, -0.2) is 8.78 Å². The molecule has 3 saturated heterocycles. The number of carbonyl (C=O) groups is 1. The van der Waals surface area contributed by atoms with Crippen molar-refractivity contribution in [2.75, 3.05) is 52.5 Å². The molecule has 4 rings (SSSR count). The second-order valence-electron chi connectivity index (χ2n) is 8.61. The number of hydrogen-bond donors (Lipinski definition) is 0. The summed E-state index contributed by atoms with van der Waals surface area (Å²) < 4.78 is 33.2. The Hall–Kier alpha value is -1.57. The molecule has 0 bridgehead atoms. The summed E-state index contributed by atoms with van der Waals surface area (Å²) in [5, 5.41) is 0. The molecule has 0 unspecified atom stereocenters. The third-order valence-electron chi connectivity index (χ3n) is 6.84. The number of likely N-dealkylation sites (tertiary alicyclic amines) is 2. The summed E-state index contributed by atoms with van der Waals surface area (Å²) in [6.45, 7) is 6.35. The summed E-state index contributed by atoms with van der Waals surface area (Å²) in [5.74, 6) is -0.538. The van der Waals surface area contributed by atoms with Crippen molar-refractivity contribution in [3.05, 3.63) is 35.4 Å². The number of hydrogen-bond acceptors (Lipinski definition) is 4. The van der Waals surface area contributed by atoms with Gasteiger partial charge in [0.05, 0.1) is 19.8 Å². The van der Waals surface area contributed by atoms with Gasteiger partial charge in [-0.2, -0.15) is 0 Å². The Kier molecular flexibility index (Phi) is 6.47. The van der Waals surface area contributed by atoms with Crippen LogP contribution in [0.15, 0.2) is 18.2 Å². The number of benzene rings is 1. The maximum atomic E-state index is 14.2. The van der Waals surface area contributed by atoms with Gasteiger partial charge in [0.15, 0.2) is 0 Å². The first-order valence-electron chi connectivity index (χ1n) is 10.8. The number of rotatable bonds is 4. The van der Waals surface area contributed by atoms with E-state index in [0.29, 0.717) is 31.9 Å². The van der Waals surface area contributed by atoms with Crippen LogP contribution in [-0.4, -0.2) is 78.6 Å². The number of nitrogens with zero attached hydrogens (tertiary/aromatic N) is 3. The Morgan fingerprint density at radius 3 is 2.55 bits per heavy atom. The molecule has 5 nitrogen and oxygen atoms in total. The fourth-order valence-corrected chi connectivity index (χ4v) is 5.16. The van der Waals surface area contributed by atoms with Crippen molar-refractivity contribution in [3.8, 4) is 0 Å². The molecule has 3 fully saturated rings. The summed E-state index contributed by atoms with van der Waals surface area (Å²) in [5.41, 5.74) is 0.419. The molecule has 160 valence electrons. The van der Waals surface area contributed by atoms with Crippen LogP contribution < -0.4 is 0 Å². The lowest BCUT2D eigenvalue weighted by Gasteiger charge is -2.38. The minimum atomic E-state index is -0.393. The van der Waals surface area contributed by atoms with Crippen molar-refractivity contribution in [3.63, 3.8) is 0 Å². The zero-order chi connectivity index (χ0) is 20.3. The van der Waals surface area contributed by atoms with E-state index < -0.39 is 5.82 Å². The Morgan fingerprint density at radius 1 is 1.00 bits per heavy atom. The highest BCUT2D eigenvalue weighted by molar-refractivity contribution is 5.78. The highest BCUT2D eigenvalue weighted by Gasteiger charge is 2.42. The van der Waals surface area contributed by atoms with Gasteiger partial charge in [-0.1, -0.05) is 0 Å². The summed E-state index contributed by atoms with van der Waals surface area (Å²) in [4.78, 5) is 19.3. The molecule has 29 heavy (non-hydrogen) atoms. The maximum Gasteiger partial charge on any atom is 0.236 e. The number of ether oxygens (including phenoxy) is 1. The Bertz CT molecular complexity index is 726. The van der Waals surface area contributed by atoms with Crippen molar-refractivity contribution >= 4 is 5.91 Å². The second kappa shape index (κ2) is 9.06. The normalized spacial score (nSPS) is 26.8. The van der Waals surface area contributed by atoms with Crippen LogP contribution in [0.5, 0.6) is 0 Å². The summed E-state index contributed by atoms with van der Waals surface area (Å²) in [7, 11) is 0. The van der Waals surface area contributed by atoms with Crippen molar-refractivity contribution in [1.82, 2.24) is 14.7 Å². The lowest BCUT2D eigenvalue weighted by Crippen LogP contribution is -2.46. The molecule has 1 atom stereocenters. The van der Waals surface area contributed by atoms with E-state index in [2.05, 4.69) is 9.80 Å². The number of carbonyl (C=O) groups excluding carboxylic acids is 1. The first-order valence-corrected chi connectivity index (χ1v) is 10.8. The van der Waals surface area contributed by atoms with Crippen LogP contribution >= 0.6 is 0 Å². The first-order chi connectivity index (χ1) is 14.1. The molecule has 0 aliphatic carbocycles. The largest absolute Gasteiger partial charge is 0.379 e. The van der Waals surface area contributed by atoms with Gasteiger partial charge in [-0.3, -0.25) is 14.6 Å². The quantitative estimate of drug-likeness (QED) is 0.769. The van der Waals surface area contributed by atoms with E-state index in [1.165, 1.54) is 18.2 Å². The van der Waals surface area contributed by atoms with Gasteiger partial charge in [0.25, 0.3) is 0 Å². The fraction of sp³-hybridized carbons (Fsp3) is 0.682. The summed E-state index contributed by atoms with van der Waals surface area (Å²) >= 11 is 0. The van der Waals surface area contributed by atoms with Gasteiger partial charge in [0.2, 0.25) is 5.91 Å². The Morgan fingerprint density at radius 2 is 1.76 bits per heavy atom. The predicted octanol–water partition coefficient (Wildman–Crippen LogP) is 2.64. The third kappa shape index (κ3) is 4.78. The predicted molar refractivity (Wildman–Crippen MR) is 106 cm³/mol. The van der Waals surface area contributed by atoms with Crippen molar-refractivity contribution in [2.45, 2.75) is 44.2 Å². The second-order valence-corrected chi connectivity index (χ2v) is 8.61. The van der Waals surface area contributed by atoms with Crippen molar-refractivity contribution in [1.29, 1.82) is 0 Å². The smallest absolute Gasteiger partial charge is 0.236 e. The number of halogens is 2. The number of morpholine rings is 1. The standard InChI is InChI=1S/C22H31F2N3O2/c23-19-3-4-20(24)18(15-19)16-27-9-2-6-22(27)5-1-8-26(10-7-22)21(28)17-25-11-13-29-14-12-25/h3-4,15H,1-2,5-14,16-17H2/t22-/m1/s1. The molecule has 0 N–H and O–H groups in total. The molecule has 1 amide bonds. The molecule has 7 heteroatoms. The topological polar surface area (TPSA) is 36.0 Å². The van der Waals surface area contributed by atoms with Gasteiger partial charge in [-0.05, 0) is 56.8 Å². The van der Waals surface area contributed by atoms with Gasteiger partial charge in [-0.15, -0.1) is 0 Å². The van der Waals surface area contributed by atoms with E-state index in [1.54, 1.807) is 0 Å². The Labute approximate surface area is 171 Å². The van der Waals surface area contributed by atoms with E-state index in [-0.39, 0.29) is 17.3 Å². The molecule has 0 saturated carbocycles. The summed E-state index contributed by atoms with van der Waals surface area (Å²) in [6.07, 6.45) is 5.00. The van der Waals surface area contributed by atoms with Crippen LogP contribution in [0.3, 0.4) is 0 Å². The number of amides is 1. The van der Waals surface area contributed by atoms with Crippen LogP contribution in [-0.2, 0) is 16.1 Å². The molecular formula is C22H31F2N3O2. The van der Waals surface area contributed by atoms with Gasteiger partial charge in [0, 0.05) is 43.8 Å². The van der Waals surface area contributed by atoms with Crippen LogP contribution in [0.1, 0.15) is 37.7 Å². The highest BCUT2D eigenvalue weighted by Crippen LogP contribution is 2.39. The van der Waals surface area contributed by atoms with E-state index in [4.69, 9.17) is 4.74 Å².